The molecule has 1 aliphatic heterocycles. The SMILES string of the molecule is Cc1ccn(CC(=O)N2CC(O)CC2c2ccc(F)c(F)c2)c(=O)c1. The highest BCUT2D eigenvalue weighted by atomic mass is 19.2. The summed E-state index contributed by atoms with van der Waals surface area (Å²) in [6.07, 6.45) is 1.02. The second-order valence-electron chi connectivity index (χ2n) is 6.30. The van der Waals surface area contributed by atoms with Crippen LogP contribution in [0, 0.1) is 18.6 Å². The van der Waals surface area contributed by atoms with E-state index in [4.69, 9.17) is 0 Å². The number of benzene rings is 1. The van der Waals surface area contributed by atoms with E-state index < -0.39 is 23.8 Å². The number of aliphatic hydroxyl groups excluding tert-OH is 1. The number of amides is 1. The standard InChI is InChI=1S/C18H18F2N2O3/c1-11-4-5-21(17(24)6-11)10-18(25)22-9-13(23)8-16(22)12-2-3-14(19)15(20)7-12/h2-7,13,16,23H,8-10H2,1H3. The van der Waals surface area contributed by atoms with Gasteiger partial charge in [0.05, 0.1) is 12.1 Å². The number of pyridine rings is 1. The number of carbonyl (C=O) groups is 1. The number of β-amino-alcohol motifs (C(OH)–C–C–N with tert-alkyl or cyclic N) is 1. The van der Waals surface area contributed by atoms with Crippen LogP contribution in [0.5, 0.6) is 0 Å². The molecule has 5 nitrogen and oxygen atoms in total. The number of likely N-dealkylation sites (tertiary alicyclic amines) is 1. The summed E-state index contributed by atoms with van der Waals surface area (Å²) in [5.74, 6) is -2.33. The fraction of sp³-hybridized carbons (Fsp3) is 0.333. The lowest BCUT2D eigenvalue weighted by Crippen LogP contribution is -2.36. The number of hydrogen-bond acceptors (Lipinski definition) is 3. The van der Waals surface area contributed by atoms with Crippen LogP contribution in [0.25, 0.3) is 0 Å². The second-order valence-corrected chi connectivity index (χ2v) is 6.30. The number of aliphatic hydroxyl groups is 1. The summed E-state index contributed by atoms with van der Waals surface area (Å²) in [6, 6.07) is 6.04. The van der Waals surface area contributed by atoms with Crippen molar-refractivity contribution in [1.29, 1.82) is 0 Å². The molecule has 0 saturated carbocycles. The molecule has 3 rings (SSSR count). The maximum Gasteiger partial charge on any atom is 0.251 e. The summed E-state index contributed by atoms with van der Waals surface area (Å²) in [4.78, 5) is 26.0. The molecule has 0 radical (unpaired) electrons. The van der Waals surface area contributed by atoms with E-state index in [2.05, 4.69) is 0 Å². The summed E-state index contributed by atoms with van der Waals surface area (Å²) in [5, 5.41) is 9.93. The van der Waals surface area contributed by atoms with Gasteiger partial charge in [-0.25, -0.2) is 8.78 Å². The average molecular weight is 348 g/mol. The van der Waals surface area contributed by atoms with Crippen LogP contribution in [-0.2, 0) is 11.3 Å². The minimum Gasteiger partial charge on any atom is -0.391 e. The van der Waals surface area contributed by atoms with E-state index in [0.717, 1.165) is 17.7 Å². The molecule has 0 aliphatic carbocycles. The van der Waals surface area contributed by atoms with E-state index in [9.17, 15) is 23.5 Å². The van der Waals surface area contributed by atoms with E-state index in [-0.39, 0.29) is 31.0 Å². The number of aromatic nitrogens is 1. The van der Waals surface area contributed by atoms with Crippen LogP contribution in [-0.4, -0.2) is 33.1 Å². The molecule has 1 aromatic heterocycles. The molecule has 25 heavy (non-hydrogen) atoms. The van der Waals surface area contributed by atoms with Gasteiger partial charge in [-0.05, 0) is 42.7 Å². The molecular weight excluding hydrogens is 330 g/mol. The molecule has 7 heteroatoms. The molecular formula is C18H18F2N2O3. The molecule has 2 atom stereocenters. The van der Waals surface area contributed by atoms with Crippen molar-refractivity contribution in [3.63, 3.8) is 0 Å². The second kappa shape index (κ2) is 6.76. The zero-order chi connectivity index (χ0) is 18.1. The Morgan fingerprint density at radius 3 is 2.68 bits per heavy atom. The molecule has 132 valence electrons. The number of halogens is 2. The van der Waals surface area contributed by atoms with Gasteiger partial charge in [0.15, 0.2) is 11.6 Å². The number of rotatable bonds is 3. The molecule has 2 unspecified atom stereocenters. The Morgan fingerprint density at radius 2 is 2.00 bits per heavy atom. The third kappa shape index (κ3) is 3.61. The maximum absolute atomic E-state index is 13.5. The highest BCUT2D eigenvalue weighted by molar-refractivity contribution is 5.77. The van der Waals surface area contributed by atoms with E-state index in [1.807, 2.05) is 0 Å². The molecule has 2 aromatic rings. The highest BCUT2D eigenvalue weighted by Crippen LogP contribution is 2.33. The molecule has 0 spiro atoms. The van der Waals surface area contributed by atoms with Crippen LogP contribution in [0.3, 0.4) is 0 Å². The summed E-state index contributed by atoms with van der Waals surface area (Å²) < 4.78 is 27.9. The van der Waals surface area contributed by atoms with Crippen molar-refractivity contribution in [2.75, 3.05) is 6.54 Å². The van der Waals surface area contributed by atoms with Gasteiger partial charge < -0.3 is 14.6 Å². The zero-order valence-electron chi connectivity index (χ0n) is 13.7. The van der Waals surface area contributed by atoms with E-state index in [0.29, 0.717) is 5.56 Å². The van der Waals surface area contributed by atoms with Crippen molar-refractivity contribution in [3.05, 3.63) is 69.6 Å². The summed E-state index contributed by atoms with van der Waals surface area (Å²) >= 11 is 0. The average Bonchev–Trinajstić information content (AvgIpc) is 2.95. The van der Waals surface area contributed by atoms with Crippen molar-refractivity contribution in [3.8, 4) is 0 Å². The lowest BCUT2D eigenvalue weighted by molar-refractivity contribution is -0.133. The first-order chi connectivity index (χ1) is 11.8. The van der Waals surface area contributed by atoms with Crippen LogP contribution in [0.1, 0.15) is 23.6 Å². The number of hydrogen-bond donors (Lipinski definition) is 1. The highest BCUT2D eigenvalue weighted by Gasteiger charge is 2.35. The Kier molecular flexibility index (Phi) is 4.67. The fourth-order valence-corrected chi connectivity index (χ4v) is 3.10. The summed E-state index contributed by atoms with van der Waals surface area (Å²) in [6.45, 7) is 1.69. The predicted molar refractivity (Wildman–Crippen MR) is 86.9 cm³/mol. The molecule has 1 aliphatic rings. The molecule has 1 saturated heterocycles. The smallest absolute Gasteiger partial charge is 0.251 e. The molecule has 1 amide bonds. The minimum atomic E-state index is -0.999. The topological polar surface area (TPSA) is 62.5 Å². The van der Waals surface area contributed by atoms with Gasteiger partial charge in [-0.3, -0.25) is 9.59 Å². The van der Waals surface area contributed by atoms with Gasteiger partial charge >= 0.3 is 0 Å². The Morgan fingerprint density at radius 1 is 1.24 bits per heavy atom. The number of nitrogens with zero attached hydrogens (tertiary/aromatic N) is 2. The van der Waals surface area contributed by atoms with Crippen LogP contribution in [0.2, 0.25) is 0 Å². The first-order valence-electron chi connectivity index (χ1n) is 7.94. The maximum atomic E-state index is 13.5. The Hall–Kier alpha value is -2.54. The van der Waals surface area contributed by atoms with Gasteiger partial charge in [-0.15, -0.1) is 0 Å². The quantitative estimate of drug-likeness (QED) is 0.920. The Balaban J connectivity index is 1.84. The molecule has 1 aromatic carbocycles. The van der Waals surface area contributed by atoms with E-state index in [1.54, 1.807) is 13.0 Å². The van der Waals surface area contributed by atoms with Crippen molar-refractivity contribution >= 4 is 5.91 Å². The first-order valence-corrected chi connectivity index (χ1v) is 7.94. The Labute approximate surface area is 143 Å². The first kappa shape index (κ1) is 17.3. The lowest BCUT2D eigenvalue weighted by atomic mass is 10.0. The van der Waals surface area contributed by atoms with Crippen molar-refractivity contribution in [2.45, 2.75) is 32.0 Å². The fourth-order valence-electron chi connectivity index (χ4n) is 3.10. The van der Waals surface area contributed by atoms with Crippen molar-refractivity contribution < 1.29 is 18.7 Å². The molecule has 1 N–H and O–H groups in total. The zero-order valence-corrected chi connectivity index (χ0v) is 13.7. The van der Waals surface area contributed by atoms with Gasteiger partial charge in [0.1, 0.15) is 6.54 Å². The van der Waals surface area contributed by atoms with Gasteiger partial charge in [0.2, 0.25) is 5.91 Å². The van der Waals surface area contributed by atoms with Gasteiger partial charge in [0.25, 0.3) is 5.56 Å². The minimum absolute atomic E-state index is 0.0864. The molecule has 1 fully saturated rings. The lowest BCUT2D eigenvalue weighted by Gasteiger charge is -2.25. The van der Waals surface area contributed by atoms with Crippen LogP contribution < -0.4 is 5.56 Å². The summed E-state index contributed by atoms with van der Waals surface area (Å²) in [5.41, 5.74) is 0.919. The third-order valence-corrected chi connectivity index (χ3v) is 4.38. The van der Waals surface area contributed by atoms with Crippen LogP contribution in [0.15, 0.2) is 41.3 Å². The van der Waals surface area contributed by atoms with E-state index in [1.165, 1.54) is 27.8 Å². The van der Waals surface area contributed by atoms with Crippen molar-refractivity contribution in [2.24, 2.45) is 0 Å². The predicted octanol–water partition coefficient (Wildman–Crippen LogP) is 1.77. The van der Waals surface area contributed by atoms with Gasteiger partial charge in [0, 0.05) is 18.8 Å². The third-order valence-electron chi connectivity index (χ3n) is 4.38. The van der Waals surface area contributed by atoms with Crippen LogP contribution >= 0.6 is 0 Å². The number of carbonyl (C=O) groups excluding carboxylic acids is 1. The Bertz CT molecular complexity index is 866. The molecule has 0 bridgehead atoms. The monoisotopic (exact) mass is 348 g/mol. The number of aryl methyl sites for hydroxylation is 1. The summed E-state index contributed by atoms with van der Waals surface area (Å²) in [7, 11) is 0. The van der Waals surface area contributed by atoms with E-state index >= 15 is 0 Å². The van der Waals surface area contributed by atoms with Gasteiger partial charge in [-0.1, -0.05) is 6.07 Å². The molecule has 2 heterocycles. The van der Waals surface area contributed by atoms with Gasteiger partial charge in [-0.2, -0.15) is 0 Å². The van der Waals surface area contributed by atoms with Crippen LogP contribution in [0.4, 0.5) is 8.78 Å². The van der Waals surface area contributed by atoms with Crippen molar-refractivity contribution in [1.82, 2.24) is 9.47 Å². The normalized spacial score (nSPS) is 20.1. The largest absolute Gasteiger partial charge is 0.391 e.